The van der Waals surface area contributed by atoms with Crippen LogP contribution in [0.3, 0.4) is 0 Å². The molecule has 2 rings (SSSR count). The molecular formula is C14H16CaN2O2. The first-order chi connectivity index (χ1) is 8.66. The average Bonchev–Trinajstić information content (AvgIpc) is 2.40. The van der Waals surface area contributed by atoms with Crippen LogP contribution in [0.25, 0.3) is 0 Å². The molecule has 0 bridgehead atoms. The van der Waals surface area contributed by atoms with Gasteiger partial charge < -0.3 is 10.4 Å². The van der Waals surface area contributed by atoms with E-state index in [1.807, 2.05) is 42.5 Å². The second-order valence-corrected chi connectivity index (χ2v) is 4.02. The number of carboxylic acids is 1. The third kappa shape index (κ3) is 4.49. The van der Waals surface area contributed by atoms with Crippen molar-refractivity contribution in [3.8, 4) is 0 Å². The Bertz CT molecular complexity index is 529. The number of rotatable bonds is 4. The van der Waals surface area contributed by atoms with Crippen molar-refractivity contribution < 1.29 is 9.90 Å². The summed E-state index contributed by atoms with van der Waals surface area (Å²) in [6.07, 6.45) is 1.71. The van der Waals surface area contributed by atoms with Crippen molar-refractivity contribution in [2.24, 2.45) is 0 Å². The van der Waals surface area contributed by atoms with Gasteiger partial charge in [0.2, 0.25) is 0 Å². The Morgan fingerprint density at radius 2 is 1.89 bits per heavy atom. The van der Waals surface area contributed by atoms with Gasteiger partial charge in [0, 0.05) is 11.9 Å². The van der Waals surface area contributed by atoms with Crippen LogP contribution in [0.5, 0.6) is 0 Å². The predicted molar refractivity (Wildman–Crippen MR) is 78.6 cm³/mol. The Morgan fingerprint density at radius 1 is 1.21 bits per heavy atom. The molecular weight excluding hydrogens is 268 g/mol. The summed E-state index contributed by atoms with van der Waals surface area (Å²) in [6.45, 7) is 1.67. The van der Waals surface area contributed by atoms with Crippen LogP contribution in [0.2, 0.25) is 0 Å². The Labute approximate surface area is 141 Å². The summed E-state index contributed by atoms with van der Waals surface area (Å²) in [5.74, 6) is -0.550. The zero-order valence-electron chi connectivity index (χ0n) is 10.00. The van der Waals surface area contributed by atoms with E-state index in [-0.39, 0.29) is 37.7 Å². The Balaban J connectivity index is 0.00000180. The number of hydrogen-bond donors (Lipinski definition) is 2. The summed E-state index contributed by atoms with van der Waals surface area (Å²) in [6, 6.07) is 12.9. The van der Waals surface area contributed by atoms with Crippen molar-refractivity contribution in [2.45, 2.75) is 12.8 Å². The standard InChI is InChI=1S/C14H14N2O2.Ca.2H/c1-10(14(17)18)11-5-7-12(8-6-11)16-13-4-2-3-9-15-13;;;/h2-10H,1H3,(H,15,16)(H,17,18);;;. The van der Waals surface area contributed by atoms with Crippen LogP contribution in [-0.4, -0.2) is 53.8 Å². The third-order valence-corrected chi connectivity index (χ3v) is 2.72. The Morgan fingerprint density at radius 3 is 2.42 bits per heavy atom. The van der Waals surface area contributed by atoms with Gasteiger partial charge in [-0.15, -0.1) is 0 Å². The fourth-order valence-electron chi connectivity index (χ4n) is 1.58. The van der Waals surface area contributed by atoms with Crippen LogP contribution in [0, 0.1) is 0 Å². The molecule has 0 aliphatic carbocycles. The topological polar surface area (TPSA) is 62.2 Å². The van der Waals surface area contributed by atoms with Crippen molar-refractivity contribution in [3.05, 3.63) is 54.2 Å². The molecule has 2 aromatic rings. The van der Waals surface area contributed by atoms with Gasteiger partial charge >= 0.3 is 43.7 Å². The van der Waals surface area contributed by atoms with Gasteiger partial charge in [-0.25, -0.2) is 4.98 Å². The fraction of sp³-hybridized carbons (Fsp3) is 0.143. The number of nitrogens with one attached hydrogen (secondary N) is 1. The first-order valence-electron chi connectivity index (χ1n) is 5.67. The van der Waals surface area contributed by atoms with E-state index in [2.05, 4.69) is 10.3 Å². The first kappa shape index (κ1) is 16.0. The minimum absolute atomic E-state index is 0. The van der Waals surface area contributed by atoms with E-state index < -0.39 is 11.9 Å². The van der Waals surface area contributed by atoms with Gasteiger partial charge in [-0.1, -0.05) is 18.2 Å². The fourth-order valence-corrected chi connectivity index (χ4v) is 1.58. The first-order valence-corrected chi connectivity index (χ1v) is 5.67. The van der Waals surface area contributed by atoms with Crippen LogP contribution in [0.1, 0.15) is 18.4 Å². The van der Waals surface area contributed by atoms with Gasteiger partial charge in [0.1, 0.15) is 5.82 Å². The molecule has 0 saturated heterocycles. The second-order valence-electron chi connectivity index (χ2n) is 4.02. The molecule has 0 spiro atoms. The van der Waals surface area contributed by atoms with Crippen LogP contribution in [0.4, 0.5) is 11.5 Å². The van der Waals surface area contributed by atoms with E-state index in [4.69, 9.17) is 5.11 Å². The zero-order chi connectivity index (χ0) is 13.0. The van der Waals surface area contributed by atoms with Gasteiger partial charge in [-0.2, -0.15) is 0 Å². The molecule has 0 fully saturated rings. The molecule has 1 unspecified atom stereocenters. The summed E-state index contributed by atoms with van der Waals surface area (Å²) in [4.78, 5) is 15.0. The van der Waals surface area contributed by atoms with Crippen molar-refractivity contribution in [3.63, 3.8) is 0 Å². The molecule has 19 heavy (non-hydrogen) atoms. The van der Waals surface area contributed by atoms with Crippen LogP contribution in [-0.2, 0) is 4.79 Å². The molecule has 4 nitrogen and oxygen atoms in total. The van der Waals surface area contributed by atoms with E-state index in [0.29, 0.717) is 0 Å². The number of hydrogen-bond acceptors (Lipinski definition) is 3. The van der Waals surface area contributed by atoms with Crippen LogP contribution in [0.15, 0.2) is 48.7 Å². The van der Waals surface area contributed by atoms with Gasteiger partial charge in [0.05, 0.1) is 5.92 Å². The molecule has 2 N–H and O–H groups in total. The van der Waals surface area contributed by atoms with E-state index in [0.717, 1.165) is 17.1 Å². The number of aliphatic carboxylic acids is 1. The SMILES string of the molecule is CC(C(=O)O)c1ccc(Nc2ccccn2)cc1.[CaH2]. The van der Waals surface area contributed by atoms with Gasteiger partial charge in [-0.3, -0.25) is 4.79 Å². The Hall–Kier alpha value is -1.10. The van der Waals surface area contributed by atoms with E-state index >= 15 is 0 Å². The van der Waals surface area contributed by atoms with E-state index in [9.17, 15) is 4.79 Å². The van der Waals surface area contributed by atoms with Gasteiger partial charge in [-0.05, 0) is 36.8 Å². The summed E-state index contributed by atoms with van der Waals surface area (Å²) in [5.41, 5.74) is 1.67. The van der Waals surface area contributed by atoms with Gasteiger partial charge in [0.25, 0.3) is 0 Å². The number of benzene rings is 1. The van der Waals surface area contributed by atoms with E-state index in [1.54, 1.807) is 13.1 Å². The molecule has 1 heterocycles. The van der Waals surface area contributed by atoms with Crippen LogP contribution < -0.4 is 5.32 Å². The summed E-state index contributed by atoms with van der Waals surface area (Å²) in [5, 5.41) is 12.1. The molecule has 0 amide bonds. The molecule has 96 valence electrons. The number of carbonyl (C=O) groups is 1. The molecule has 0 radical (unpaired) electrons. The zero-order valence-corrected chi connectivity index (χ0v) is 10.00. The average molecular weight is 284 g/mol. The monoisotopic (exact) mass is 284 g/mol. The van der Waals surface area contributed by atoms with Crippen LogP contribution >= 0.6 is 0 Å². The molecule has 0 aliphatic heterocycles. The van der Waals surface area contributed by atoms with Crippen molar-refractivity contribution in [1.82, 2.24) is 4.98 Å². The number of anilines is 2. The minimum atomic E-state index is -0.819. The molecule has 5 heteroatoms. The summed E-state index contributed by atoms with van der Waals surface area (Å²) in [7, 11) is 0. The predicted octanol–water partition coefficient (Wildman–Crippen LogP) is 2.10. The number of aromatic nitrogens is 1. The number of carboxylic acid groups (broad SMARTS) is 1. The van der Waals surface area contributed by atoms with Crippen molar-refractivity contribution in [2.75, 3.05) is 5.32 Å². The second kappa shape index (κ2) is 7.48. The number of pyridine rings is 1. The van der Waals surface area contributed by atoms with Gasteiger partial charge in [0.15, 0.2) is 0 Å². The summed E-state index contributed by atoms with van der Waals surface area (Å²) < 4.78 is 0. The van der Waals surface area contributed by atoms with Crippen molar-refractivity contribution >= 4 is 55.2 Å². The molecule has 1 atom stereocenters. The third-order valence-electron chi connectivity index (χ3n) is 2.72. The molecule has 1 aromatic heterocycles. The quantitative estimate of drug-likeness (QED) is 0.844. The molecule has 0 aliphatic rings. The maximum absolute atomic E-state index is 10.9. The number of nitrogens with zero attached hydrogens (tertiary/aromatic N) is 1. The van der Waals surface area contributed by atoms with E-state index in [1.165, 1.54) is 0 Å². The Kier molecular flexibility index (Phi) is 6.28. The molecule has 0 saturated carbocycles. The summed E-state index contributed by atoms with van der Waals surface area (Å²) >= 11 is 0. The molecule has 1 aromatic carbocycles. The van der Waals surface area contributed by atoms with Crippen molar-refractivity contribution in [1.29, 1.82) is 0 Å². The normalized spacial score (nSPS) is 11.2. The maximum atomic E-state index is 10.9.